The third-order valence-electron chi connectivity index (χ3n) is 2.60. The van der Waals surface area contributed by atoms with Gasteiger partial charge in [-0.1, -0.05) is 0 Å². The van der Waals surface area contributed by atoms with E-state index in [1.165, 1.54) is 7.11 Å². The predicted octanol–water partition coefficient (Wildman–Crippen LogP) is 0.115. The van der Waals surface area contributed by atoms with E-state index in [-0.39, 0.29) is 25.1 Å². The highest BCUT2D eigenvalue weighted by atomic mass is 35.5. The quantitative estimate of drug-likeness (QED) is 0.746. The molecule has 0 saturated carbocycles. The molecule has 1 rings (SSSR count). The van der Waals surface area contributed by atoms with Crippen LogP contribution in [0.15, 0.2) is 0 Å². The van der Waals surface area contributed by atoms with Gasteiger partial charge in [0, 0.05) is 13.2 Å². The maximum atomic E-state index is 11.8. The van der Waals surface area contributed by atoms with Crippen LogP contribution in [0.3, 0.4) is 0 Å². The fourth-order valence-corrected chi connectivity index (χ4v) is 2.86. The summed E-state index contributed by atoms with van der Waals surface area (Å²) in [5, 5.41) is 2.71. The van der Waals surface area contributed by atoms with Gasteiger partial charge in [-0.15, -0.1) is 12.4 Å². The van der Waals surface area contributed by atoms with Gasteiger partial charge in [-0.05, 0) is 32.9 Å². The summed E-state index contributed by atoms with van der Waals surface area (Å²) in [5.74, 6) is 0. The van der Waals surface area contributed by atoms with Gasteiger partial charge in [0.1, 0.15) is 0 Å². The van der Waals surface area contributed by atoms with Crippen LogP contribution in [0, 0.1) is 0 Å². The third kappa shape index (κ3) is 4.97. The number of nitrogens with one attached hydrogen (secondary N) is 2. The molecular formula is C9H21ClN2O3S. The van der Waals surface area contributed by atoms with Gasteiger partial charge in [-0.3, -0.25) is 0 Å². The Balaban J connectivity index is 0.00000225. The Morgan fingerprint density at radius 2 is 2.00 bits per heavy atom. The van der Waals surface area contributed by atoms with E-state index >= 15 is 0 Å². The van der Waals surface area contributed by atoms with Crippen LogP contribution in [0.25, 0.3) is 0 Å². The van der Waals surface area contributed by atoms with Crippen LogP contribution in [0.2, 0.25) is 0 Å². The number of ether oxygens (including phenoxy) is 1. The zero-order valence-corrected chi connectivity index (χ0v) is 11.4. The summed E-state index contributed by atoms with van der Waals surface area (Å²) in [6.07, 6.45) is 1.72. The molecule has 0 radical (unpaired) electrons. The second kappa shape index (κ2) is 7.45. The highest BCUT2D eigenvalue weighted by molar-refractivity contribution is 7.90. The molecule has 98 valence electrons. The second-order valence-corrected chi connectivity index (χ2v) is 6.08. The summed E-state index contributed by atoms with van der Waals surface area (Å²) in [6, 6.07) is 0.0792. The van der Waals surface area contributed by atoms with Crippen molar-refractivity contribution < 1.29 is 13.2 Å². The molecule has 0 aliphatic carbocycles. The molecule has 0 amide bonds. The van der Waals surface area contributed by atoms with Gasteiger partial charge >= 0.3 is 0 Å². The van der Waals surface area contributed by atoms with Crippen LogP contribution in [0.5, 0.6) is 0 Å². The summed E-state index contributed by atoms with van der Waals surface area (Å²) >= 11 is 0. The monoisotopic (exact) mass is 272 g/mol. The molecule has 0 aromatic rings. The Morgan fingerprint density at radius 3 is 2.50 bits per heavy atom. The largest absolute Gasteiger partial charge is 0.383 e. The minimum atomic E-state index is -3.22. The normalized spacial score (nSPS) is 20.1. The van der Waals surface area contributed by atoms with Gasteiger partial charge in [0.25, 0.3) is 0 Å². The fraction of sp³-hybridized carbons (Fsp3) is 1.00. The van der Waals surface area contributed by atoms with Gasteiger partial charge in [0.05, 0.1) is 11.9 Å². The summed E-state index contributed by atoms with van der Waals surface area (Å²) < 4.78 is 31.1. The maximum Gasteiger partial charge on any atom is 0.216 e. The van der Waals surface area contributed by atoms with Crippen molar-refractivity contribution in [2.75, 3.05) is 26.8 Å². The number of sulfonamides is 1. The van der Waals surface area contributed by atoms with Gasteiger partial charge in [0.2, 0.25) is 10.0 Å². The first-order chi connectivity index (χ1) is 7.06. The summed E-state index contributed by atoms with van der Waals surface area (Å²) in [7, 11) is -1.71. The molecular weight excluding hydrogens is 252 g/mol. The molecule has 1 aliphatic rings. The van der Waals surface area contributed by atoms with E-state index in [4.69, 9.17) is 4.74 Å². The highest BCUT2D eigenvalue weighted by Crippen LogP contribution is 2.07. The standard InChI is InChI=1S/C9H20N2O3S.ClH/c1-8(7-14-2)15(12,13)11-9-3-5-10-6-4-9;/h8-11H,3-7H2,1-2H3;1H. The molecule has 1 unspecified atom stereocenters. The van der Waals surface area contributed by atoms with Gasteiger partial charge in [0.15, 0.2) is 0 Å². The number of methoxy groups -OCH3 is 1. The van der Waals surface area contributed by atoms with Gasteiger partial charge in [-0.25, -0.2) is 13.1 Å². The first-order valence-electron chi connectivity index (χ1n) is 5.27. The van der Waals surface area contributed by atoms with E-state index in [2.05, 4.69) is 10.0 Å². The lowest BCUT2D eigenvalue weighted by Gasteiger charge is -2.25. The Labute approximate surface area is 104 Å². The first-order valence-corrected chi connectivity index (χ1v) is 6.81. The molecule has 1 aliphatic heterocycles. The van der Waals surface area contributed by atoms with Crippen molar-refractivity contribution in [1.29, 1.82) is 0 Å². The lowest BCUT2D eigenvalue weighted by Crippen LogP contribution is -2.46. The topological polar surface area (TPSA) is 67.4 Å². The zero-order valence-electron chi connectivity index (χ0n) is 9.73. The Kier molecular flexibility index (Phi) is 7.50. The average molecular weight is 273 g/mol. The molecule has 2 N–H and O–H groups in total. The van der Waals surface area contributed by atoms with Crippen molar-refractivity contribution in [2.45, 2.75) is 31.1 Å². The SMILES string of the molecule is COCC(C)S(=O)(=O)NC1CCNCC1.Cl. The van der Waals surface area contributed by atoms with E-state index in [9.17, 15) is 8.42 Å². The van der Waals surface area contributed by atoms with Crippen molar-refractivity contribution >= 4 is 22.4 Å². The molecule has 1 fully saturated rings. The number of hydrogen-bond acceptors (Lipinski definition) is 4. The van der Waals surface area contributed by atoms with Gasteiger partial charge < -0.3 is 10.1 Å². The molecule has 0 aromatic carbocycles. The maximum absolute atomic E-state index is 11.8. The Bertz CT molecular complexity index is 278. The molecule has 1 saturated heterocycles. The van der Waals surface area contributed by atoms with Crippen LogP contribution in [-0.4, -0.2) is 46.5 Å². The highest BCUT2D eigenvalue weighted by Gasteiger charge is 2.25. The smallest absolute Gasteiger partial charge is 0.216 e. The van der Waals surface area contributed by atoms with E-state index in [1.807, 2.05) is 0 Å². The molecule has 0 aromatic heterocycles. The lowest BCUT2D eigenvalue weighted by molar-refractivity contribution is 0.200. The number of piperidine rings is 1. The Morgan fingerprint density at radius 1 is 1.44 bits per heavy atom. The van der Waals surface area contributed by atoms with E-state index in [0.717, 1.165) is 25.9 Å². The van der Waals surface area contributed by atoms with Crippen molar-refractivity contribution in [2.24, 2.45) is 0 Å². The second-order valence-electron chi connectivity index (χ2n) is 3.95. The Hall–Kier alpha value is 0.120. The fourth-order valence-electron chi connectivity index (χ4n) is 1.61. The van der Waals surface area contributed by atoms with Crippen molar-refractivity contribution in [3.63, 3.8) is 0 Å². The van der Waals surface area contributed by atoms with Crippen LogP contribution in [0.4, 0.5) is 0 Å². The summed E-state index contributed by atoms with van der Waals surface area (Å²) in [4.78, 5) is 0. The number of rotatable bonds is 5. The van der Waals surface area contributed by atoms with Crippen LogP contribution in [-0.2, 0) is 14.8 Å². The molecule has 5 nitrogen and oxygen atoms in total. The molecule has 7 heteroatoms. The first kappa shape index (κ1) is 16.1. The zero-order chi connectivity index (χ0) is 11.3. The number of halogens is 1. The van der Waals surface area contributed by atoms with E-state index in [1.54, 1.807) is 6.92 Å². The van der Waals surface area contributed by atoms with Crippen molar-refractivity contribution in [3.05, 3.63) is 0 Å². The molecule has 0 bridgehead atoms. The van der Waals surface area contributed by atoms with E-state index in [0.29, 0.717) is 0 Å². The molecule has 16 heavy (non-hydrogen) atoms. The van der Waals surface area contributed by atoms with Crippen LogP contribution in [0.1, 0.15) is 19.8 Å². The van der Waals surface area contributed by atoms with Crippen LogP contribution < -0.4 is 10.0 Å². The van der Waals surface area contributed by atoms with Gasteiger partial charge in [-0.2, -0.15) is 0 Å². The average Bonchev–Trinajstić information content (AvgIpc) is 2.19. The minimum absolute atomic E-state index is 0. The van der Waals surface area contributed by atoms with Crippen molar-refractivity contribution in [3.8, 4) is 0 Å². The van der Waals surface area contributed by atoms with Crippen LogP contribution >= 0.6 is 12.4 Å². The van der Waals surface area contributed by atoms with Crippen molar-refractivity contribution in [1.82, 2.24) is 10.0 Å². The summed E-state index contributed by atoms with van der Waals surface area (Å²) in [6.45, 7) is 3.66. The minimum Gasteiger partial charge on any atom is -0.383 e. The third-order valence-corrected chi connectivity index (χ3v) is 4.46. The lowest BCUT2D eigenvalue weighted by atomic mass is 10.1. The molecule has 0 spiro atoms. The predicted molar refractivity (Wildman–Crippen MR) is 66.5 cm³/mol. The molecule has 1 heterocycles. The molecule has 1 atom stereocenters. The number of hydrogen-bond donors (Lipinski definition) is 2. The summed E-state index contributed by atoms with van der Waals surface area (Å²) in [5.41, 5.74) is 0. The van der Waals surface area contributed by atoms with E-state index < -0.39 is 15.3 Å².